The van der Waals surface area contributed by atoms with Crippen molar-refractivity contribution in [2.24, 2.45) is 11.8 Å². The predicted octanol–water partition coefficient (Wildman–Crippen LogP) is 3.17. The number of nitrogens with zero attached hydrogens (tertiary/aromatic N) is 1. The van der Waals surface area contributed by atoms with Gasteiger partial charge in [-0.25, -0.2) is 0 Å². The van der Waals surface area contributed by atoms with Crippen molar-refractivity contribution in [1.29, 1.82) is 0 Å². The second-order valence-corrected chi connectivity index (χ2v) is 6.99. The number of hydrogen-bond donors (Lipinski definition) is 1. The summed E-state index contributed by atoms with van der Waals surface area (Å²) in [6, 6.07) is 0. The highest BCUT2D eigenvalue weighted by atomic mass is 32.1. The summed E-state index contributed by atoms with van der Waals surface area (Å²) in [5.74, 6) is 1.90. The molecule has 3 rings (SSSR count). The number of hydrogen-bond acceptors (Lipinski definition) is 5. The van der Waals surface area contributed by atoms with E-state index in [0.29, 0.717) is 16.3 Å². The molecule has 0 amide bonds. The van der Waals surface area contributed by atoms with Gasteiger partial charge in [0.15, 0.2) is 11.5 Å². The van der Waals surface area contributed by atoms with Gasteiger partial charge < -0.3 is 15.4 Å². The fourth-order valence-electron chi connectivity index (χ4n) is 2.75. The lowest BCUT2D eigenvalue weighted by molar-refractivity contribution is 0.0972. The first-order valence-electron chi connectivity index (χ1n) is 7.37. The smallest absolute Gasteiger partial charge is 0.178 e. The van der Waals surface area contributed by atoms with Crippen molar-refractivity contribution in [3.05, 3.63) is 4.88 Å². The van der Waals surface area contributed by atoms with Crippen LogP contribution in [0.2, 0.25) is 0 Å². The Balaban J connectivity index is 1.89. The lowest BCUT2D eigenvalue weighted by Crippen LogP contribution is -2.32. The Bertz CT molecular complexity index is 514. The van der Waals surface area contributed by atoms with Gasteiger partial charge in [-0.1, -0.05) is 6.92 Å². The lowest BCUT2D eigenvalue weighted by atomic mass is 9.99. The van der Waals surface area contributed by atoms with Crippen LogP contribution in [0.25, 0.3) is 0 Å². The van der Waals surface area contributed by atoms with Crippen molar-refractivity contribution in [3.8, 4) is 5.75 Å². The van der Waals surface area contributed by atoms with Gasteiger partial charge in [-0.15, -0.1) is 11.3 Å². The molecular formula is C15H22N2O2S. The number of carbonyl (C=O) groups is 1. The number of methoxy groups -OCH3 is 1. The molecule has 0 radical (unpaired) electrons. The monoisotopic (exact) mass is 294 g/mol. The maximum absolute atomic E-state index is 12.3. The number of anilines is 2. The Labute approximate surface area is 123 Å². The minimum absolute atomic E-state index is 0.204. The van der Waals surface area contributed by atoms with E-state index >= 15 is 0 Å². The summed E-state index contributed by atoms with van der Waals surface area (Å²) in [4.78, 5) is 15.3. The molecule has 2 fully saturated rings. The molecule has 2 aliphatic rings. The normalized spacial score (nSPS) is 20.2. The molecule has 1 aromatic heterocycles. The van der Waals surface area contributed by atoms with E-state index in [4.69, 9.17) is 10.5 Å². The quantitative estimate of drug-likeness (QED) is 0.867. The van der Waals surface area contributed by atoms with E-state index in [1.165, 1.54) is 24.2 Å². The zero-order valence-corrected chi connectivity index (χ0v) is 13.0. The molecule has 0 spiro atoms. The van der Waals surface area contributed by atoms with Gasteiger partial charge in [-0.3, -0.25) is 4.79 Å². The van der Waals surface area contributed by atoms with Crippen LogP contribution in [0.4, 0.5) is 10.7 Å². The minimum Gasteiger partial charge on any atom is -0.492 e. The molecule has 2 heterocycles. The van der Waals surface area contributed by atoms with Crippen LogP contribution in [-0.4, -0.2) is 26.0 Å². The first-order valence-corrected chi connectivity index (χ1v) is 8.18. The molecular weight excluding hydrogens is 272 g/mol. The Morgan fingerprint density at radius 3 is 2.50 bits per heavy atom. The number of rotatable bonds is 4. The van der Waals surface area contributed by atoms with Gasteiger partial charge >= 0.3 is 0 Å². The van der Waals surface area contributed by atoms with E-state index in [1.54, 1.807) is 7.11 Å². The summed E-state index contributed by atoms with van der Waals surface area (Å²) in [5, 5.41) is 1.04. The van der Waals surface area contributed by atoms with Crippen LogP contribution in [0.15, 0.2) is 0 Å². The average molecular weight is 294 g/mol. The molecule has 2 N–H and O–H groups in total. The number of piperidine rings is 1. The molecule has 1 saturated heterocycles. The van der Waals surface area contributed by atoms with Crippen molar-refractivity contribution in [2.45, 2.75) is 32.6 Å². The molecule has 1 aromatic rings. The number of Topliss-reactive ketones (excluding diaryl/α,β-unsaturated/α-hetero) is 1. The molecule has 20 heavy (non-hydrogen) atoms. The third-order valence-electron chi connectivity index (χ3n) is 4.33. The van der Waals surface area contributed by atoms with E-state index in [-0.39, 0.29) is 11.7 Å². The van der Waals surface area contributed by atoms with E-state index in [1.807, 2.05) is 0 Å². The zero-order chi connectivity index (χ0) is 14.3. The summed E-state index contributed by atoms with van der Waals surface area (Å²) >= 11 is 1.52. The molecule has 1 aliphatic heterocycles. The maximum Gasteiger partial charge on any atom is 0.178 e. The standard InChI is InChI=1S/C15H22N2O2S/c1-9-5-7-17(8-6-9)15-13(19-2)11(16)14(20-15)12(18)10-3-4-10/h9-10H,3-8,16H2,1-2H3. The van der Waals surface area contributed by atoms with E-state index in [9.17, 15) is 4.79 Å². The molecule has 5 heteroatoms. The second-order valence-electron chi connectivity index (χ2n) is 5.99. The van der Waals surface area contributed by atoms with Gasteiger partial charge in [0, 0.05) is 19.0 Å². The third-order valence-corrected chi connectivity index (χ3v) is 5.59. The van der Waals surface area contributed by atoms with Crippen LogP contribution in [0.1, 0.15) is 42.3 Å². The van der Waals surface area contributed by atoms with Crippen LogP contribution < -0.4 is 15.4 Å². The number of ketones is 1. The van der Waals surface area contributed by atoms with E-state index in [0.717, 1.165) is 36.9 Å². The molecule has 4 nitrogen and oxygen atoms in total. The molecule has 1 saturated carbocycles. The first kappa shape index (κ1) is 13.7. The fourth-order valence-corrected chi connectivity index (χ4v) is 4.01. The molecule has 0 bridgehead atoms. The highest BCUT2D eigenvalue weighted by Gasteiger charge is 2.35. The molecule has 0 unspecified atom stereocenters. The van der Waals surface area contributed by atoms with Gasteiger partial charge in [0.05, 0.1) is 17.7 Å². The summed E-state index contributed by atoms with van der Waals surface area (Å²) in [6.45, 7) is 4.34. The first-order chi connectivity index (χ1) is 9.61. The van der Waals surface area contributed by atoms with Crippen molar-refractivity contribution in [2.75, 3.05) is 30.8 Å². The third kappa shape index (κ3) is 2.39. The summed E-state index contributed by atoms with van der Waals surface area (Å²) < 4.78 is 5.48. The highest BCUT2D eigenvalue weighted by molar-refractivity contribution is 7.19. The Hall–Kier alpha value is -1.23. The van der Waals surface area contributed by atoms with E-state index < -0.39 is 0 Å². The van der Waals surface area contributed by atoms with Crippen LogP contribution >= 0.6 is 11.3 Å². The van der Waals surface area contributed by atoms with Crippen molar-refractivity contribution >= 4 is 27.8 Å². The second kappa shape index (κ2) is 5.28. The molecule has 1 aliphatic carbocycles. The molecule has 0 aromatic carbocycles. The number of ether oxygens (including phenoxy) is 1. The number of nitrogens with two attached hydrogens (primary N) is 1. The summed E-state index contributed by atoms with van der Waals surface area (Å²) in [5.41, 5.74) is 6.70. The minimum atomic E-state index is 0.204. The van der Waals surface area contributed by atoms with Crippen molar-refractivity contribution in [3.63, 3.8) is 0 Å². The highest BCUT2D eigenvalue weighted by Crippen LogP contribution is 2.48. The van der Waals surface area contributed by atoms with Gasteiger partial charge in [0.1, 0.15) is 5.00 Å². The predicted molar refractivity (Wildman–Crippen MR) is 82.9 cm³/mol. The van der Waals surface area contributed by atoms with Crippen LogP contribution in [0.5, 0.6) is 5.75 Å². The topological polar surface area (TPSA) is 55.6 Å². The van der Waals surface area contributed by atoms with Crippen molar-refractivity contribution < 1.29 is 9.53 Å². The van der Waals surface area contributed by atoms with E-state index in [2.05, 4.69) is 11.8 Å². The Morgan fingerprint density at radius 1 is 1.30 bits per heavy atom. The average Bonchev–Trinajstić information content (AvgIpc) is 3.23. The fraction of sp³-hybridized carbons (Fsp3) is 0.667. The lowest BCUT2D eigenvalue weighted by Gasteiger charge is -2.31. The molecule has 110 valence electrons. The summed E-state index contributed by atoms with van der Waals surface area (Å²) in [7, 11) is 1.64. The van der Waals surface area contributed by atoms with Crippen LogP contribution in [-0.2, 0) is 0 Å². The Morgan fingerprint density at radius 2 is 1.95 bits per heavy atom. The maximum atomic E-state index is 12.3. The SMILES string of the molecule is COc1c(N2CCC(C)CC2)sc(C(=O)C2CC2)c1N. The largest absolute Gasteiger partial charge is 0.492 e. The van der Waals surface area contributed by atoms with Gasteiger partial charge in [-0.05, 0) is 31.6 Å². The Kier molecular flexibility index (Phi) is 3.63. The number of thiophene rings is 1. The van der Waals surface area contributed by atoms with Crippen molar-refractivity contribution in [1.82, 2.24) is 0 Å². The number of nitrogen functional groups attached to an aromatic ring is 1. The van der Waals surface area contributed by atoms with Gasteiger partial charge in [0.25, 0.3) is 0 Å². The van der Waals surface area contributed by atoms with Gasteiger partial charge in [0.2, 0.25) is 0 Å². The zero-order valence-electron chi connectivity index (χ0n) is 12.1. The summed E-state index contributed by atoms with van der Waals surface area (Å²) in [6.07, 6.45) is 4.39. The number of carbonyl (C=O) groups excluding carboxylic acids is 1. The molecule has 0 atom stereocenters. The van der Waals surface area contributed by atoms with Crippen LogP contribution in [0, 0.1) is 11.8 Å². The van der Waals surface area contributed by atoms with Crippen LogP contribution in [0.3, 0.4) is 0 Å². The van der Waals surface area contributed by atoms with Gasteiger partial charge in [-0.2, -0.15) is 0 Å².